The van der Waals surface area contributed by atoms with E-state index in [1.54, 1.807) is 0 Å². The third-order valence-electron chi connectivity index (χ3n) is 5.65. The topological polar surface area (TPSA) is 12.5 Å². The molecule has 1 aliphatic heterocycles. The Hall–Kier alpha value is -0.860. The number of unbranched alkanes of at least 4 members (excludes halogenated alkanes) is 4. The number of nitrogens with zero attached hydrogens (tertiary/aromatic N) is 1. The second-order valence-corrected chi connectivity index (χ2v) is 8.98. The summed E-state index contributed by atoms with van der Waals surface area (Å²) in [7, 11) is 0. The van der Waals surface area contributed by atoms with Crippen LogP contribution in [0.5, 0.6) is 0 Å². The molecule has 1 atom stereocenters. The molecule has 0 aliphatic carbocycles. The van der Waals surface area contributed by atoms with E-state index in [1.165, 1.54) is 56.9 Å². The third-order valence-corrected chi connectivity index (χ3v) is 5.65. The Kier molecular flexibility index (Phi) is 7.51. The van der Waals surface area contributed by atoms with Gasteiger partial charge in [0.2, 0.25) is 0 Å². The van der Waals surface area contributed by atoms with Crippen molar-refractivity contribution in [1.29, 1.82) is 0 Å². The van der Waals surface area contributed by atoms with Gasteiger partial charge in [-0.2, -0.15) is 5.06 Å². The zero-order chi connectivity index (χ0) is 18.3. The van der Waals surface area contributed by atoms with Gasteiger partial charge in [-0.25, -0.2) is 0 Å². The second kappa shape index (κ2) is 9.19. The minimum atomic E-state index is 0.0942. The van der Waals surface area contributed by atoms with Crippen LogP contribution in [-0.2, 0) is 4.84 Å². The van der Waals surface area contributed by atoms with Gasteiger partial charge in [0.05, 0.1) is 0 Å². The third kappa shape index (κ3) is 5.82. The van der Waals surface area contributed by atoms with E-state index < -0.39 is 0 Å². The van der Waals surface area contributed by atoms with Crippen LogP contribution in [-0.4, -0.2) is 16.1 Å². The lowest BCUT2D eigenvalue weighted by Gasteiger charge is -2.52. The molecule has 0 amide bonds. The van der Waals surface area contributed by atoms with Gasteiger partial charge in [-0.1, -0.05) is 69.4 Å². The normalized spacial score (nSPS) is 21.2. The molecule has 1 fully saturated rings. The molecular formula is C23H39NO. The molecule has 0 bridgehead atoms. The maximum Gasteiger partial charge on any atom is 0.104 e. The molecule has 0 N–H and O–H groups in total. The van der Waals surface area contributed by atoms with Gasteiger partial charge in [-0.3, -0.25) is 4.84 Å². The first-order chi connectivity index (χ1) is 11.9. The quantitative estimate of drug-likeness (QED) is 0.444. The maximum atomic E-state index is 6.75. The van der Waals surface area contributed by atoms with Gasteiger partial charge in [0, 0.05) is 11.1 Å². The highest BCUT2D eigenvalue weighted by Gasteiger charge is 2.43. The molecule has 1 aromatic carbocycles. The minimum absolute atomic E-state index is 0.0942. The molecule has 2 rings (SSSR count). The highest BCUT2D eigenvalue weighted by atomic mass is 16.7. The highest BCUT2D eigenvalue weighted by molar-refractivity contribution is 5.17. The van der Waals surface area contributed by atoms with Gasteiger partial charge in [-0.15, -0.1) is 0 Å². The fourth-order valence-corrected chi connectivity index (χ4v) is 4.27. The van der Waals surface area contributed by atoms with Crippen molar-refractivity contribution in [2.75, 3.05) is 0 Å². The van der Waals surface area contributed by atoms with Crippen LogP contribution in [0.15, 0.2) is 30.3 Å². The number of benzene rings is 1. The van der Waals surface area contributed by atoms with Crippen molar-refractivity contribution in [2.45, 2.75) is 110 Å². The van der Waals surface area contributed by atoms with E-state index in [0.29, 0.717) is 0 Å². The van der Waals surface area contributed by atoms with Gasteiger partial charge in [0.1, 0.15) is 6.10 Å². The second-order valence-electron chi connectivity index (χ2n) is 8.98. The van der Waals surface area contributed by atoms with Crippen LogP contribution in [0.3, 0.4) is 0 Å². The number of piperidine rings is 1. The summed E-state index contributed by atoms with van der Waals surface area (Å²) < 4.78 is 0. The van der Waals surface area contributed by atoms with Gasteiger partial charge in [0.25, 0.3) is 0 Å². The number of rotatable bonds is 9. The van der Waals surface area contributed by atoms with Gasteiger partial charge >= 0.3 is 0 Å². The molecule has 0 spiro atoms. The highest BCUT2D eigenvalue weighted by Crippen LogP contribution is 2.41. The molecule has 0 saturated carbocycles. The molecular weight excluding hydrogens is 306 g/mol. The van der Waals surface area contributed by atoms with Crippen LogP contribution in [0.25, 0.3) is 0 Å². The zero-order valence-corrected chi connectivity index (χ0v) is 17.2. The number of hydrogen-bond donors (Lipinski definition) is 0. The molecule has 142 valence electrons. The fourth-order valence-electron chi connectivity index (χ4n) is 4.27. The number of hydrogen-bond acceptors (Lipinski definition) is 2. The van der Waals surface area contributed by atoms with Crippen LogP contribution in [0.1, 0.15) is 104 Å². The van der Waals surface area contributed by atoms with Crippen LogP contribution < -0.4 is 0 Å². The largest absolute Gasteiger partial charge is 0.290 e. The van der Waals surface area contributed by atoms with Crippen LogP contribution in [0, 0.1) is 0 Å². The average Bonchev–Trinajstić information content (AvgIpc) is 2.56. The lowest BCUT2D eigenvalue weighted by atomic mass is 9.82. The molecule has 1 aliphatic rings. The van der Waals surface area contributed by atoms with E-state index in [2.05, 4.69) is 70.0 Å². The molecule has 25 heavy (non-hydrogen) atoms. The summed E-state index contributed by atoms with van der Waals surface area (Å²) in [4.78, 5) is 6.75. The molecule has 2 nitrogen and oxygen atoms in total. The average molecular weight is 346 g/mol. The summed E-state index contributed by atoms with van der Waals surface area (Å²) in [5.74, 6) is 0. The van der Waals surface area contributed by atoms with Crippen molar-refractivity contribution in [3.63, 3.8) is 0 Å². The molecule has 0 radical (unpaired) electrons. The number of hydroxylamine groups is 2. The molecule has 1 heterocycles. The van der Waals surface area contributed by atoms with Crippen LogP contribution in [0.4, 0.5) is 0 Å². The van der Waals surface area contributed by atoms with E-state index >= 15 is 0 Å². The van der Waals surface area contributed by atoms with E-state index in [-0.39, 0.29) is 17.2 Å². The Morgan fingerprint density at radius 1 is 0.920 bits per heavy atom. The summed E-state index contributed by atoms with van der Waals surface area (Å²) in [5, 5.41) is 2.33. The summed E-state index contributed by atoms with van der Waals surface area (Å²) >= 11 is 0. The Morgan fingerprint density at radius 2 is 1.52 bits per heavy atom. The zero-order valence-electron chi connectivity index (χ0n) is 17.2. The first-order valence-electron chi connectivity index (χ1n) is 10.4. The van der Waals surface area contributed by atoms with Crippen molar-refractivity contribution in [1.82, 2.24) is 5.06 Å². The van der Waals surface area contributed by atoms with Crippen LogP contribution >= 0.6 is 0 Å². The van der Waals surface area contributed by atoms with Gasteiger partial charge in [-0.05, 0) is 58.9 Å². The van der Waals surface area contributed by atoms with Gasteiger partial charge in [0.15, 0.2) is 0 Å². The first-order valence-corrected chi connectivity index (χ1v) is 10.4. The fraction of sp³-hybridized carbons (Fsp3) is 0.739. The lowest BCUT2D eigenvalue weighted by Crippen LogP contribution is -2.58. The predicted octanol–water partition coefficient (Wildman–Crippen LogP) is 7.06. The Labute approximate surface area is 155 Å². The Balaban J connectivity index is 2.09. The Morgan fingerprint density at radius 3 is 2.12 bits per heavy atom. The predicted molar refractivity (Wildman–Crippen MR) is 107 cm³/mol. The molecule has 1 saturated heterocycles. The van der Waals surface area contributed by atoms with E-state index in [0.717, 1.165) is 6.42 Å². The summed E-state index contributed by atoms with van der Waals surface area (Å²) in [5.41, 5.74) is 1.50. The smallest absolute Gasteiger partial charge is 0.104 e. The molecule has 0 aromatic heterocycles. The van der Waals surface area contributed by atoms with E-state index in [1.807, 2.05) is 0 Å². The summed E-state index contributed by atoms with van der Waals surface area (Å²) in [6.45, 7) is 11.6. The monoisotopic (exact) mass is 345 g/mol. The molecule has 2 heteroatoms. The van der Waals surface area contributed by atoms with Crippen molar-refractivity contribution < 1.29 is 4.84 Å². The lowest BCUT2D eigenvalue weighted by molar-refractivity contribution is -0.308. The van der Waals surface area contributed by atoms with E-state index in [4.69, 9.17) is 4.84 Å². The van der Waals surface area contributed by atoms with Crippen molar-refractivity contribution >= 4 is 0 Å². The SMILES string of the molecule is CCCCCCCC(ON1C(C)(C)CCCC1(C)C)c1ccccc1. The van der Waals surface area contributed by atoms with Crippen molar-refractivity contribution in [3.8, 4) is 0 Å². The minimum Gasteiger partial charge on any atom is -0.290 e. The van der Waals surface area contributed by atoms with E-state index in [9.17, 15) is 0 Å². The maximum absolute atomic E-state index is 6.75. The van der Waals surface area contributed by atoms with Crippen molar-refractivity contribution in [2.24, 2.45) is 0 Å². The summed E-state index contributed by atoms with van der Waals surface area (Å²) in [6.07, 6.45) is 11.5. The Bertz CT molecular complexity index is 478. The van der Waals surface area contributed by atoms with Crippen LogP contribution in [0.2, 0.25) is 0 Å². The standard InChI is InChI=1S/C23H39NO/c1-6-7-8-9-13-17-21(20-15-11-10-12-16-20)25-24-22(2,3)18-14-19-23(24,4)5/h10-12,15-16,21H,6-9,13-14,17-19H2,1-5H3. The summed E-state index contributed by atoms with van der Waals surface area (Å²) in [6, 6.07) is 10.8. The van der Waals surface area contributed by atoms with Gasteiger partial charge < -0.3 is 0 Å². The molecule has 1 aromatic rings. The van der Waals surface area contributed by atoms with Crippen molar-refractivity contribution in [3.05, 3.63) is 35.9 Å². The first kappa shape index (κ1) is 20.5. The molecule has 1 unspecified atom stereocenters.